The molecule has 3 heterocycles. The van der Waals surface area contributed by atoms with Crippen molar-refractivity contribution in [1.29, 1.82) is 0 Å². The number of fused-ring (bicyclic) bond motifs is 2. The molecule has 6 heteroatoms. The third-order valence-electron chi connectivity index (χ3n) is 8.12. The number of urea groups is 1. The fourth-order valence-corrected chi connectivity index (χ4v) is 6.14. The first-order valence-corrected chi connectivity index (χ1v) is 12.3. The summed E-state index contributed by atoms with van der Waals surface area (Å²) in [6.45, 7) is 4.64. The lowest BCUT2D eigenvalue weighted by molar-refractivity contribution is -0.134. The smallest absolute Gasteiger partial charge is 0.323 e. The molecule has 2 aromatic carbocycles. The third kappa shape index (κ3) is 3.57. The molecule has 0 unspecified atom stereocenters. The molecule has 6 rings (SSSR count). The van der Waals surface area contributed by atoms with Crippen LogP contribution in [0.15, 0.2) is 60.8 Å². The molecule has 1 aliphatic carbocycles. The van der Waals surface area contributed by atoms with E-state index in [0.717, 1.165) is 56.2 Å². The van der Waals surface area contributed by atoms with E-state index in [1.54, 1.807) is 0 Å². The summed E-state index contributed by atoms with van der Waals surface area (Å²) in [4.78, 5) is 35.0. The number of nitrogens with one attached hydrogen (secondary N) is 1. The average molecular weight is 455 g/mol. The number of imide groups is 1. The van der Waals surface area contributed by atoms with Gasteiger partial charge in [-0.1, -0.05) is 42.5 Å². The van der Waals surface area contributed by atoms with E-state index in [-0.39, 0.29) is 23.9 Å². The van der Waals surface area contributed by atoms with E-state index < -0.39 is 5.54 Å². The summed E-state index contributed by atoms with van der Waals surface area (Å²) in [5.74, 6) is 0.0987. The average Bonchev–Trinajstić information content (AvgIpc) is 3.37. The Bertz CT molecular complexity index is 1240. The van der Waals surface area contributed by atoms with Gasteiger partial charge >= 0.3 is 6.03 Å². The van der Waals surface area contributed by atoms with E-state index in [2.05, 4.69) is 51.6 Å². The van der Waals surface area contributed by atoms with Crippen molar-refractivity contribution in [1.82, 2.24) is 20.1 Å². The first-order chi connectivity index (χ1) is 16.5. The number of rotatable bonds is 4. The van der Waals surface area contributed by atoms with Crippen LogP contribution in [0, 0.1) is 5.92 Å². The number of amides is 3. The molecule has 174 valence electrons. The zero-order chi connectivity index (χ0) is 23.3. The predicted molar refractivity (Wildman–Crippen MR) is 131 cm³/mol. The van der Waals surface area contributed by atoms with E-state index in [4.69, 9.17) is 0 Å². The number of likely N-dealkylation sites (tertiary alicyclic amines) is 1. The summed E-state index contributed by atoms with van der Waals surface area (Å²) in [6, 6.07) is 18.5. The second-order valence-corrected chi connectivity index (χ2v) is 10.2. The first-order valence-electron chi connectivity index (χ1n) is 12.3. The molecule has 3 amide bonds. The van der Waals surface area contributed by atoms with Gasteiger partial charge in [-0.2, -0.15) is 0 Å². The maximum Gasteiger partial charge on any atom is 0.325 e. The number of aromatic nitrogens is 1. The second-order valence-electron chi connectivity index (χ2n) is 10.2. The molecule has 0 bridgehead atoms. The summed E-state index contributed by atoms with van der Waals surface area (Å²) in [5.41, 5.74) is 3.96. The molecule has 3 aromatic rings. The first kappa shape index (κ1) is 21.3. The molecule has 3 aliphatic rings. The minimum absolute atomic E-state index is 0.0469. The fourth-order valence-electron chi connectivity index (χ4n) is 6.14. The Balaban J connectivity index is 1.11. The molecule has 1 aromatic heterocycles. The van der Waals surface area contributed by atoms with E-state index >= 15 is 0 Å². The Morgan fingerprint density at radius 1 is 1.00 bits per heavy atom. The zero-order valence-corrected chi connectivity index (χ0v) is 19.5. The van der Waals surface area contributed by atoms with Crippen molar-refractivity contribution in [2.75, 3.05) is 13.1 Å². The molecule has 0 spiro atoms. The van der Waals surface area contributed by atoms with Crippen molar-refractivity contribution in [3.8, 4) is 0 Å². The minimum atomic E-state index is -0.815. The van der Waals surface area contributed by atoms with Crippen LogP contribution >= 0.6 is 0 Å². The van der Waals surface area contributed by atoms with Crippen molar-refractivity contribution in [3.63, 3.8) is 0 Å². The van der Waals surface area contributed by atoms with Crippen molar-refractivity contribution in [2.24, 2.45) is 5.92 Å². The van der Waals surface area contributed by atoms with Crippen molar-refractivity contribution >= 4 is 22.8 Å². The molecular formula is C28H30N4O2. The Morgan fingerprint density at radius 2 is 1.74 bits per heavy atom. The lowest BCUT2D eigenvalue weighted by Crippen LogP contribution is -2.54. The van der Waals surface area contributed by atoms with Gasteiger partial charge in [-0.15, -0.1) is 0 Å². The van der Waals surface area contributed by atoms with Crippen molar-refractivity contribution in [2.45, 2.75) is 50.7 Å². The van der Waals surface area contributed by atoms with Gasteiger partial charge in [0.05, 0.1) is 5.52 Å². The van der Waals surface area contributed by atoms with Crippen LogP contribution in [-0.2, 0) is 24.2 Å². The van der Waals surface area contributed by atoms with Crippen LogP contribution in [0.1, 0.15) is 36.5 Å². The largest absolute Gasteiger partial charge is 0.325 e. The van der Waals surface area contributed by atoms with E-state index in [0.29, 0.717) is 0 Å². The van der Waals surface area contributed by atoms with E-state index in [9.17, 15) is 9.59 Å². The molecule has 6 nitrogen and oxygen atoms in total. The van der Waals surface area contributed by atoms with Crippen LogP contribution in [0.5, 0.6) is 0 Å². The highest BCUT2D eigenvalue weighted by Gasteiger charge is 2.55. The number of piperidine rings is 1. The van der Waals surface area contributed by atoms with Crippen LogP contribution in [0.4, 0.5) is 4.79 Å². The maximum absolute atomic E-state index is 13.6. The van der Waals surface area contributed by atoms with Gasteiger partial charge < -0.3 is 5.32 Å². The highest BCUT2D eigenvalue weighted by Crippen LogP contribution is 2.37. The van der Waals surface area contributed by atoms with Gasteiger partial charge in [0.15, 0.2) is 0 Å². The molecule has 0 radical (unpaired) electrons. The normalized spacial score (nSPS) is 24.1. The van der Waals surface area contributed by atoms with E-state index in [1.807, 2.05) is 31.3 Å². The minimum Gasteiger partial charge on any atom is -0.323 e. The number of nitrogens with zero attached hydrogens (tertiary/aromatic N) is 3. The van der Waals surface area contributed by atoms with Gasteiger partial charge in [-0.25, -0.2) is 4.79 Å². The summed E-state index contributed by atoms with van der Waals surface area (Å²) < 4.78 is 0. The number of hydrogen-bond donors (Lipinski definition) is 1. The van der Waals surface area contributed by atoms with Crippen LogP contribution < -0.4 is 5.32 Å². The zero-order valence-electron chi connectivity index (χ0n) is 19.5. The van der Waals surface area contributed by atoms with E-state index in [1.165, 1.54) is 21.6 Å². The summed E-state index contributed by atoms with van der Waals surface area (Å²) >= 11 is 0. The van der Waals surface area contributed by atoms with Crippen LogP contribution in [0.3, 0.4) is 0 Å². The van der Waals surface area contributed by atoms with Gasteiger partial charge in [0.25, 0.3) is 5.91 Å². The van der Waals surface area contributed by atoms with Gasteiger partial charge in [0, 0.05) is 24.2 Å². The summed E-state index contributed by atoms with van der Waals surface area (Å²) in [5, 5.41) is 4.25. The quantitative estimate of drug-likeness (QED) is 0.607. The molecule has 1 N–H and O–H groups in total. The van der Waals surface area contributed by atoms with Crippen molar-refractivity contribution < 1.29 is 9.59 Å². The monoisotopic (exact) mass is 454 g/mol. The molecule has 34 heavy (non-hydrogen) atoms. The van der Waals surface area contributed by atoms with Crippen LogP contribution in [0.25, 0.3) is 10.9 Å². The van der Waals surface area contributed by atoms with Gasteiger partial charge in [-0.05, 0) is 80.4 Å². The Morgan fingerprint density at radius 3 is 2.47 bits per heavy atom. The number of pyridine rings is 1. The summed E-state index contributed by atoms with van der Waals surface area (Å²) in [7, 11) is 0. The van der Waals surface area contributed by atoms with Crippen LogP contribution in [0.2, 0.25) is 0 Å². The Hall–Kier alpha value is -3.25. The highest BCUT2D eigenvalue weighted by molar-refractivity contribution is 6.07. The molecular weight excluding hydrogens is 424 g/mol. The topological polar surface area (TPSA) is 65.5 Å². The standard InChI is InChI=1S/C28H30N4O2/c1-28(26(33)32(27(34)30-28)24-16-21-5-2-3-6-22(21)17-24)23-10-13-31(14-11-23)18-19-8-9-20-7-4-12-29-25(20)15-19/h2-9,12,15,23-24H,10-11,13-14,16-18H2,1H3,(H,30,34)/t28-/m1/s1. The molecule has 2 fully saturated rings. The van der Waals surface area contributed by atoms with Crippen molar-refractivity contribution in [3.05, 3.63) is 77.5 Å². The predicted octanol–water partition coefficient (Wildman–Crippen LogP) is 3.92. The fraction of sp³-hybridized carbons (Fsp3) is 0.393. The molecule has 2 aliphatic heterocycles. The van der Waals surface area contributed by atoms with Gasteiger partial charge in [0.2, 0.25) is 0 Å². The Labute approximate surface area is 200 Å². The SMILES string of the molecule is C[C@]1(C2CCN(Cc3ccc4cccnc4c3)CC2)NC(=O)N(C2Cc3ccccc3C2)C1=O. The van der Waals surface area contributed by atoms with Crippen LogP contribution in [-0.4, -0.2) is 51.4 Å². The lowest BCUT2D eigenvalue weighted by Gasteiger charge is -2.39. The maximum atomic E-state index is 13.6. The summed E-state index contributed by atoms with van der Waals surface area (Å²) in [6.07, 6.45) is 5.13. The molecule has 0 saturated carbocycles. The number of hydrogen-bond acceptors (Lipinski definition) is 4. The molecule has 2 saturated heterocycles. The lowest BCUT2D eigenvalue weighted by atomic mass is 9.78. The van der Waals surface area contributed by atoms with Gasteiger partial charge in [-0.3, -0.25) is 19.6 Å². The Kier molecular flexibility index (Phi) is 5.14. The van der Waals surface area contributed by atoms with Gasteiger partial charge in [0.1, 0.15) is 5.54 Å². The number of carbonyl (C=O) groups excluding carboxylic acids is 2. The second kappa shape index (κ2) is 8.20. The number of carbonyl (C=O) groups is 2. The number of benzene rings is 2. The molecule has 1 atom stereocenters. The third-order valence-corrected chi connectivity index (χ3v) is 8.12. The highest BCUT2D eigenvalue weighted by atomic mass is 16.2.